The van der Waals surface area contributed by atoms with Gasteiger partial charge in [0.1, 0.15) is 0 Å². The first kappa shape index (κ1) is 11.7. The van der Waals surface area contributed by atoms with E-state index in [9.17, 15) is 0 Å². The lowest BCUT2D eigenvalue weighted by molar-refractivity contribution is 0.0359. The number of rotatable bonds is 2. The summed E-state index contributed by atoms with van der Waals surface area (Å²) in [4.78, 5) is 0. The van der Waals surface area contributed by atoms with E-state index >= 15 is 0 Å². The van der Waals surface area contributed by atoms with E-state index in [1.54, 1.807) is 0 Å². The largest absolute Gasteiger partial charge is 0.374 e. The van der Waals surface area contributed by atoms with Gasteiger partial charge in [-0.3, -0.25) is 0 Å². The van der Waals surface area contributed by atoms with Crippen LogP contribution in [0.2, 0.25) is 0 Å². The summed E-state index contributed by atoms with van der Waals surface area (Å²) in [6.07, 6.45) is 8.41. The Morgan fingerprint density at radius 2 is 1.87 bits per heavy atom. The van der Waals surface area contributed by atoms with Gasteiger partial charge in [0.25, 0.3) is 0 Å². The Kier molecular flexibility index (Phi) is 3.62. The van der Waals surface area contributed by atoms with Crippen molar-refractivity contribution in [1.82, 2.24) is 0 Å². The number of hydrogen-bond donors (Lipinski definition) is 0. The van der Waals surface area contributed by atoms with Gasteiger partial charge in [-0.1, -0.05) is 32.1 Å². The van der Waals surface area contributed by atoms with E-state index in [0.29, 0.717) is 5.92 Å². The van der Waals surface area contributed by atoms with Crippen molar-refractivity contribution in [3.8, 4) is 0 Å². The van der Waals surface area contributed by atoms with Crippen LogP contribution in [0.1, 0.15) is 52.4 Å². The topological polar surface area (TPSA) is 9.23 Å². The number of hydrogen-bond acceptors (Lipinski definition) is 1. The van der Waals surface area contributed by atoms with Crippen LogP contribution in [0.15, 0.2) is 0 Å². The Morgan fingerprint density at radius 1 is 1.20 bits per heavy atom. The maximum absolute atomic E-state index is 6.46. The summed E-state index contributed by atoms with van der Waals surface area (Å²) in [6.45, 7) is 5.11. The molecule has 1 heterocycles. The predicted molar refractivity (Wildman–Crippen MR) is 64.4 cm³/mol. The van der Waals surface area contributed by atoms with E-state index in [1.165, 1.54) is 38.5 Å². The number of alkyl halides is 1. The molecule has 1 saturated carbocycles. The molecule has 88 valence electrons. The molecule has 0 aromatic heterocycles. The molecule has 0 aromatic carbocycles. The van der Waals surface area contributed by atoms with E-state index < -0.39 is 0 Å². The van der Waals surface area contributed by atoms with Crippen molar-refractivity contribution in [3.05, 3.63) is 0 Å². The lowest BCUT2D eigenvalue weighted by atomic mass is 9.81. The van der Waals surface area contributed by atoms with Gasteiger partial charge >= 0.3 is 0 Å². The second-order valence-electron chi connectivity index (χ2n) is 5.82. The number of ether oxygens (including phenoxy) is 1. The molecule has 1 aliphatic carbocycles. The zero-order valence-electron chi connectivity index (χ0n) is 9.97. The smallest absolute Gasteiger partial charge is 0.0793 e. The Balaban J connectivity index is 1.84. The van der Waals surface area contributed by atoms with Crippen molar-refractivity contribution in [2.45, 2.75) is 63.4 Å². The third-order valence-electron chi connectivity index (χ3n) is 4.11. The molecule has 1 aliphatic heterocycles. The molecule has 2 unspecified atom stereocenters. The second-order valence-corrected chi connectivity index (χ2v) is 6.29. The Hall–Kier alpha value is 0.250. The Bertz CT molecular complexity index is 209. The first-order valence-corrected chi connectivity index (χ1v) is 6.81. The lowest BCUT2D eigenvalue weighted by Gasteiger charge is -2.27. The minimum Gasteiger partial charge on any atom is -0.374 e. The van der Waals surface area contributed by atoms with E-state index in [-0.39, 0.29) is 11.0 Å². The van der Waals surface area contributed by atoms with Gasteiger partial charge in [-0.25, -0.2) is 0 Å². The number of halogens is 1. The molecule has 0 bridgehead atoms. The summed E-state index contributed by atoms with van der Waals surface area (Å²) in [5.41, 5.74) is -0.110. The van der Waals surface area contributed by atoms with E-state index in [0.717, 1.165) is 12.5 Å². The van der Waals surface area contributed by atoms with Gasteiger partial charge in [0.05, 0.1) is 17.6 Å². The molecule has 1 saturated heterocycles. The SMILES string of the molecule is CC1(C)OCC(CC2CCCCC2)C1Cl. The van der Waals surface area contributed by atoms with Crippen LogP contribution in [0.25, 0.3) is 0 Å². The van der Waals surface area contributed by atoms with Crippen LogP contribution in [-0.2, 0) is 4.74 Å². The molecule has 0 amide bonds. The minimum absolute atomic E-state index is 0.110. The molecule has 2 fully saturated rings. The molecule has 0 radical (unpaired) electrons. The van der Waals surface area contributed by atoms with Crippen LogP contribution >= 0.6 is 11.6 Å². The van der Waals surface area contributed by atoms with Gasteiger partial charge in [-0.15, -0.1) is 11.6 Å². The molecule has 1 nitrogen and oxygen atoms in total. The third-order valence-corrected chi connectivity index (χ3v) is 4.99. The van der Waals surface area contributed by atoms with Gasteiger partial charge in [0.2, 0.25) is 0 Å². The average Bonchev–Trinajstić information content (AvgIpc) is 2.47. The monoisotopic (exact) mass is 230 g/mol. The van der Waals surface area contributed by atoms with Crippen LogP contribution in [-0.4, -0.2) is 17.6 Å². The highest BCUT2D eigenvalue weighted by atomic mass is 35.5. The maximum atomic E-state index is 6.46. The van der Waals surface area contributed by atoms with Crippen LogP contribution in [0.4, 0.5) is 0 Å². The normalized spacial score (nSPS) is 37.0. The van der Waals surface area contributed by atoms with Gasteiger partial charge < -0.3 is 4.74 Å². The van der Waals surface area contributed by atoms with Crippen LogP contribution in [0, 0.1) is 11.8 Å². The highest BCUT2D eigenvalue weighted by molar-refractivity contribution is 6.21. The molecule has 15 heavy (non-hydrogen) atoms. The standard InChI is InChI=1S/C13H23ClO/c1-13(2)12(14)11(9-15-13)8-10-6-4-3-5-7-10/h10-12H,3-9H2,1-2H3. The lowest BCUT2D eigenvalue weighted by Crippen LogP contribution is -2.31. The van der Waals surface area contributed by atoms with Gasteiger partial charge in [-0.05, 0) is 26.2 Å². The molecule has 2 aliphatic rings. The van der Waals surface area contributed by atoms with Crippen molar-refractivity contribution in [2.24, 2.45) is 11.8 Å². The van der Waals surface area contributed by atoms with E-state index in [4.69, 9.17) is 16.3 Å². The molecule has 2 rings (SSSR count). The molecule has 2 heteroatoms. The summed E-state index contributed by atoms with van der Waals surface area (Å²) in [6, 6.07) is 0. The quantitative estimate of drug-likeness (QED) is 0.652. The third kappa shape index (κ3) is 2.68. The molecule has 0 aromatic rings. The predicted octanol–water partition coefficient (Wildman–Crippen LogP) is 3.99. The fourth-order valence-electron chi connectivity index (χ4n) is 3.09. The molecule has 2 atom stereocenters. The average molecular weight is 231 g/mol. The summed E-state index contributed by atoms with van der Waals surface area (Å²) in [5.74, 6) is 1.51. The zero-order valence-corrected chi connectivity index (χ0v) is 10.7. The van der Waals surface area contributed by atoms with Crippen molar-refractivity contribution < 1.29 is 4.74 Å². The Labute approximate surface area is 98.5 Å². The molecule has 0 N–H and O–H groups in total. The Morgan fingerprint density at radius 3 is 2.40 bits per heavy atom. The summed E-state index contributed by atoms with van der Waals surface area (Å²) in [5, 5.41) is 0.208. The summed E-state index contributed by atoms with van der Waals surface area (Å²) < 4.78 is 5.77. The van der Waals surface area contributed by atoms with Crippen LogP contribution in [0.5, 0.6) is 0 Å². The second kappa shape index (κ2) is 4.63. The van der Waals surface area contributed by atoms with Gasteiger partial charge in [-0.2, -0.15) is 0 Å². The minimum atomic E-state index is -0.110. The van der Waals surface area contributed by atoms with Crippen LogP contribution in [0.3, 0.4) is 0 Å². The highest BCUT2D eigenvalue weighted by Crippen LogP contribution is 2.40. The molecular formula is C13H23ClO. The highest BCUT2D eigenvalue weighted by Gasteiger charge is 2.42. The van der Waals surface area contributed by atoms with Crippen molar-refractivity contribution in [1.29, 1.82) is 0 Å². The first-order chi connectivity index (χ1) is 7.09. The van der Waals surface area contributed by atoms with Crippen molar-refractivity contribution >= 4 is 11.6 Å². The van der Waals surface area contributed by atoms with E-state index in [1.807, 2.05) is 0 Å². The summed E-state index contributed by atoms with van der Waals surface area (Å²) >= 11 is 6.46. The van der Waals surface area contributed by atoms with Crippen molar-refractivity contribution in [2.75, 3.05) is 6.61 Å². The van der Waals surface area contributed by atoms with Crippen molar-refractivity contribution in [3.63, 3.8) is 0 Å². The zero-order chi connectivity index (χ0) is 10.9. The maximum Gasteiger partial charge on any atom is 0.0793 e. The summed E-state index contributed by atoms with van der Waals surface area (Å²) in [7, 11) is 0. The van der Waals surface area contributed by atoms with Gasteiger partial charge in [0, 0.05) is 5.92 Å². The van der Waals surface area contributed by atoms with Crippen LogP contribution < -0.4 is 0 Å². The first-order valence-electron chi connectivity index (χ1n) is 6.37. The fourth-order valence-corrected chi connectivity index (χ4v) is 3.33. The molecule has 0 spiro atoms. The fraction of sp³-hybridized carbons (Fsp3) is 1.00. The molecular weight excluding hydrogens is 208 g/mol. The van der Waals surface area contributed by atoms with Gasteiger partial charge in [0.15, 0.2) is 0 Å². The van der Waals surface area contributed by atoms with E-state index in [2.05, 4.69) is 13.8 Å².